The lowest BCUT2D eigenvalue weighted by atomic mass is 9.86. The molecule has 0 spiro atoms. The molecule has 0 aliphatic heterocycles. The molecule has 1 aliphatic rings. The summed E-state index contributed by atoms with van der Waals surface area (Å²) in [6, 6.07) is 11.9. The normalized spacial score (nSPS) is 21.1. The number of aliphatic hydroxyl groups excluding tert-OH is 1. The number of nitrogens with one attached hydrogen (secondary N) is 1. The van der Waals surface area contributed by atoms with Gasteiger partial charge in [-0.3, -0.25) is 9.89 Å². The topological polar surface area (TPSA) is 69.2 Å². The average molecular weight is 313 g/mol. The molecule has 2 aromatic rings. The van der Waals surface area contributed by atoms with Gasteiger partial charge in [0.05, 0.1) is 5.69 Å². The van der Waals surface area contributed by atoms with Gasteiger partial charge in [0.2, 0.25) is 0 Å². The highest BCUT2D eigenvalue weighted by Gasteiger charge is 2.27. The molecule has 1 aromatic heterocycles. The van der Waals surface area contributed by atoms with Gasteiger partial charge < -0.3 is 10.0 Å². The summed E-state index contributed by atoms with van der Waals surface area (Å²) in [5.41, 5.74) is 2.30. The van der Waals surface area contributed by atoms with Crippen molar-refractivity contribution in [3.8, 4) is 11.3 Å². The maximum Gasteiger partial charge on any atom is 0.271 e. The summed E-state index contributed by atoms with van der Waals surface area (Å²) in [4.78, 5) is 14.5. The summed E-state index contributed by atoms with van der Waals surface area (Å²) in [7, 11) is 1.86. The van der Waals surface area contributed by atoms with E-state index in [1.807, 2.05) is 48.3 Å². The lowest BCUT2D eigenvalue weighted by Crippen LogP contribution is -2.40. The van der Waals surface area contributed by atoms with E-state index in [0.717, 1.165) is 36.9 Å². The van der Waals surface area contributed by atoms with E-state index in [1.165, 1.54) is 0 Å². The van der Waals surface area contributed by atoms with Crippen LogP contribution < -0.4 is 0 Å². The van der Waals surface area contributed by atoms with Crippen molar-refractivity contribution < 1.29 is 9.90 Å². The highest BCUT2D eigenvalue weighted by atomic mass is 16.3. The van der Waals surface area contributed by atoms with Crippen molar-refractivity contribution in [2.24, 2.45) is 5.92 Å². The van der Waals surface area contributed by atoms with E-state index in [2.05, 4.69) is 10.2 Å². The first kappa shape index (κ1) is 15.7. The Morgan fingerprint density at radius 2 is 1.96 bits per heavy atom. The lowest BCUT2D eigenvalue weighted by Gasteiger charge is -2.33. The number of hydrogen-bond donors (Lipinski definition) is 2. The van der Waals surface area contributed by atoms with Crippen LogP contribution in [-0.4, -0.2) is 45.8 Å². The number of carbonyl (C=O) groups excluding carboxylic acids is 1. The third kappa shape index (κ3) is 3.45. The number of hydrogen-bond acceptors (Lipinski definition) is 3. The van der Waals surface area contributed by atoms with Crippen LogP contribution >= 0.6 is 0 Å². The Balaban J connectivity index is 1.67. The van der Waals surface area contributed by atoms with Crippen LogP contribution in [0.3, 0.4) is 0 Å². The summed E-state index contributed by atoms with van der Waals surface area (Å²) < 4.78 is 0. The number of aliphatic hydroxyl groups is 1. The maximum atomic E-state index is 12.6. The predicted octanol–water partition coefficient (Wildman–Crippen LogP) is 2.70. The number of aromatic nitrogens is 2. The summed E-state index contributed by atoms with van der Waals surface area (Å²) in [6.45, 7) is 0.255. The van der Waals surface area contributed by atoms with Gasteiger partial charge in [0, 0.05) is 25.3 Å². The number of aromatic amines is 1. The van der Waals surface area contributed by atoms with Crippen LogP contribution in [0.1, 0.15) is 36.2 Å². The molecule has 122 valence electrons. The Labute approximate surface area is 136 Å². The Bertz CT molecular complexity index is 645. The molecule has 5 nitrogen and oxygen atoms in total. The van der Waals surface area contributed by atoms with Gasteiger partial charge >= 0.3 is 0 Å². The van der Waals surface area contributed by atoms with Gasteiger partial charge in [0.1, 0.15) is 5.69 Å². The summed E-state index contributed by atoms with van der Waals surface area (Å²) >= 11 is 0. The fraction of sp³-hybridized carbons (Fsp3) is 0.444. The van der Waals surface area contributed by atoms with Crippen LogP contribution in [0.5, 0.6) is 0 Å². The largest absolute Gasteiger partial charge is 0.396 e. The first-order chi connectivity index (χ1) is 11.2. The molecule has 0 unspecified atom stereocenters. The van der Waals surface area contributed by atoms with E-state index < -0.39 is 0 Å². The molecule has 1 fully saturated rings. The van der Waals surface area contributed by atoms with Crippen molar-refractivity contribution in [1.29, 1.82) is 0 Å². The molecule has 2 N–H and O–H groups in total. The van der Waals surface area contributed by atoms with Gasteiger partial charge in [-0.1, -0.05) is 30.3 Å². The number of nitrogens with zero attached hydrogens (tertiary/aromatic N) is 2. The van der Waals surface area contributed by atoms with Crippen LogP contribution in [0.2, 0.25) is 0 Å². The smallest absolute Gasteiger partial charge is 0.271 e. The molecule has 0 saturated heterocycles. The Morgan fingerprint density at radius 3 is 2.61 bits per heavy atom. The van der Waals surface area contributed by atoms with E-state index in [0.29, 0.717) is 11.6 Å². The zero-order chi connectivity index (χ0) is 16.2. The SMILES string of the molecule is CN(C(=O)c1cc(-c2ccccc2)n[nH]1)C1CCC(CO)CC1. The fourth-order valence-electron chi connectivity index (χ4n) is 3.26. The van der Waals surface area contributed by atoms with E-state index in [-0.39, 0.29) is 18.6 Å². The van der Waals surface area contributed by atoms with E-state index in [1.54, 1.807) is 0 Å². The predicted molar refractivity (Wildman–Crippen MR) is 88.9 cm³/mol. The Kier molecular flexibility index (Phi) is 4.76. The third-order valence-corrected chi connectivity index (χ3v) is 4.82. The Hall–Kier alpha value is -2.14. The van der Waals surface area contributed by atoms with Crippen molar-refractivity contribution in [3.63, 3.8) is 0 Å². The Morgan fingerprint density at radius 1 is 1.26 bits per heavy atom. The van der Waals surface area contributed by atoms with E-state index >= 15 is 0 Å². The lowest BCUT2D eigenvalue weighted by molar-refractivity contribution is 0.0647. The molecule has 1 saturated carbocycles. The number of carbonyl (C=O) groups is 1. The third-order valence-electron chi connectivity index (χ3n) is 4.82. The van der Waals surface area contributed by atoms with E-state index in [4.69, 9.17) is 0 Å². The number of H-pyrrole nitrogens is 1. The van der Waals surface area contributed by atoms with Gasteiger partial charge in [-0.15, -0.1) is 0 Å². The standard InChI is InChI=1S/C18H23N3O2/c1-21(15-9-7-13(12-22)8-10-15)18(23)17-11-16(19-20-17)14-5-3-2-4-6-14/h2-6,11,13,15,22H,7-10,12H2,1H3,(H,19,20). The monoisotopic (exact) mass is 313 g/mol. The second-order valence-electron chi connectivity index (χ2n) is 6.31. The zero-order valence-corrected chi connectivity index (χ0v) is 13.4. The molecule has 0 atom stereocenters. The second-order valence-corrected chi connectivity index (χ2v) is 6.31. The summed E-state index contributed by atoms with van der Waals surface area (Å²) in [5.74, 6) is 0.374. The van der Waals surface area contributed by atoms with Gasteiger partial charge in [0.15, 0.2) is 0 Å². The van der Waals surface area contributed by atoms with Gasteiger partial charge in [-0.05, 0) is 37.7 Å². The molecule has 23 heavy (non-hydrogen) atoms. The van der Waals surface area contributed by atoms with Gasteiger partial charge in [-0.25, -0.2) is 0 Å². The number of amides is 1. The maximum absolute atomic E-state index is 12.6. The molecule has 1 heterocycles. The first-order valence-electron chi connectivity index (χ1n) is 8.18. The molecule has 3 rings (SSSR count). The van der Waals surface area contributed by atoms with Gasteiger partial charge in [-0.2, -0.15) is 5.10 Å². The molecule has 0 radical (unpaired) electrons. The second kappa shape index (κ2) is 6.96. The fourth-order valence-corrected chi connectivity index (χ4v) is 3.26. The van der Waals surface area contributed by atoms with Crippen molar-refractivity contribution in [3.05, 3.63) is 42.1 Å². The molecule has 0 bridgehead atoms. The minimum atomic E-state index is -0.0212. The van der Waals surface area contributed by atoms with Crippen molar-refractivity contribution >= 4 is 5.91 Å². The minimum Gasteiger partial charge on any atom is -0.396 e. The zero-order valence-electron chi connectivity index (χ0n) is 13.4. The summed E-state index contributed by atoms with van der Waals surface area (Å²) in [5, 5.41) is 16.3. The molecular formula is C18H23N3O2. The first-order valence-corrected chi connectivity index (χ1v) is 8.18. The number of rotatable bonds is 4. The van der Waals surface area contributed by atoms with E-state index in [9.17, 15) is 9.90 Å². The van der Waals surface area contributed by atoms with Crippen LogP contribution in [0, 0.1) is 5.92 Å². The quantitative estimate of drug-likeness (QED) is 0.912. The molecule has 5 heteroatoms. The van der Waals surface area contributed by atoms with Crippen LogP contribution in [-0.2, 0) is 0 Å². The molecular weight excluding hydrogens is 290 g/mol. The molecule has 1 aliphatic carbocycles. The molecule has 1 aromatic carbocycles. The van der Waals surface area contributed by atoms with Crippen molar-refractivity contribution in [2.75, 3.05) is 13.7 Å². The summed E-state index contributed by atoms with van der Waals surface area (Å²) in [6.07, 6.45) is 3.87. The highest BCUT2D eigenvalue weighted by Crippen LogP contribution is 2.27. The van der Waals surface area contributed by atoms with Crippen molar-refractivity contribution in [2.45, 2.75) is 31.7 Å². The van der Waals surface area contributed by atoms with Gasteiger partial charge in [0.25, 0.3) is 5.91 Å². The number of benzene rings is 1. The highest BCUT2D eigenvalue weighted by molar-refractivity contribution is 5.93. The van der Waals surface area contributed by atoms with Crippen LogP contribution in [0.15, 0.2) is 36.4 Å². The van der Waals surface area contributed by atoms with Crippen LogP contribution in [0.4, 0.5) is 0 Å². The minimum absolute atomic E-state index is 0.0212. The van der Waals surface area contributed by atoms with Crippen molar-refractivity contribution in [1.82, 2.24) is 15.1 Å². The molecule has 1 amide bonds. The average Bonchev–Trinajstić information content (AvgIpc) is 3.11. The van der Waals surface area contributed by atoms with Crippen LogP contribution in [0.25, 0.3) is 11.3 Å².